The first kappa shape index (κ1) is 25.2. The quantitative estimate of drug-likeness (QED) is 0.661. The third-order valence-corrected chi connectivity index (χ3v) is 7.40. The van der Waals surface area contributed by atoms with Crippen LogP contribution in [0.1, 0.15) is 39.7 Å². The zero-order valence-corrected chi connectivity index (χ0v) is 19.9. The number of nitrogens with one attached hydrogen (secondary N) is 1. The van der Waals surface area contributed by atoms with E-state index in [1.807, 2.05) is 32.9 Å². The van der Waals surface area contributed by atoms with Gasteiger partial charge >= 0.3 is 6.03 Å². The highest BCUT2D eigenvalue weighted by Crippen LogP contribution is 2.34. The molecule has 3 atom stereocenters. The van der Waals surface area contributed by atoms with Gasteiger partial charge in [-0.2, -0.15) is 4.31 Å². The van der Waals surface area contributed by atoms with Crippen LogP contribution in [-0.4, -0.2) is 74.2 Å². The first-order chi connectivity index (χ1) is 14.6. The number of urea groups is 1. The molecule has 2 N–H and O–H groups in total. The fourth-order valence-electron chi connectivity index (χ4n) is 3.48. The lowest BCUT2D eigenvalue weighted by molar-refractivity contribution is 0.0812. The smallest absolute Gasteiger partial charge is 0.317 e. The van der Waals surface area contributed by atoms with Crippen molar-refractivity contribution in [2.24, 2.45) is 5.92 Å². The number of likely N-dealkylation sites (N-methyl/N-ethyl adjacent to an activating group) is 1. The molecular weight excluding hydrogens is 418 g/mol. The lowest BCUT2D eigenvalue weighted by atomic mass is 10.0. The number of ether oxygens (including phenoxy) is 1. The van der Waals surface area contributed by atoms with E-state index < -0.39 is 22.2 Å². The van der Waals surface area contributed by atoms with E-state index in [-0.39, 0.29) is 35.7 Å². The van der Waals surface area contributed by atoms with Gasteiger partial charge in [0.05, 0.1) is 13.2 Å². The van der Waals surface area contributed by atoms with E-state index in [1.165, 1.54) is 4.31 Å². The van der Waals surface area contributed by atoms with E-state index in [0.717, 1.165) is 12.0 Å². The van der Waals surface area contributed by atoms with Crippen LogP contribution in [0.5, 0.6) is 5.75 Å². The second-order valence-electron chi connectivity index (χ2n) is 8.06. The molecule has 0 spiro atoms. The van der Waals surface area contributed by atoms with Crippen molar-refractivity contribution in [3.8, 4) is 5.75 Å². The van der Waals surface area contributed by atoms with E-state index in [4.69, 9.17) is 4.74 Å². The fraction of sp³-hybridized carbons (Fsp3) is 0.591. The lowest BCUT2D eigenvalue weighted by Crippen LogP contribution is -2.51. The van der Waals surface area contributed by atoms with Crippen LogP contribution in [-0.2, 0) is 10.0 Å². The number of carbonyl (C=O) groups excluding carboxylic acids is 1. The standard InChI is InChI=1S/C22H35N3O5S/c1-6-8-18-9-10-21-19(12-18)30-20(14-24(5)22(27)23-11-7-2)16(3)13-25(17(4)15-26)31(21,28)29/h6,8-10,12,16-17,20,26H,7,11,13-15H2,1-5H3,(H,23,27)/t16-,17+,20+/m0/s1. The average Bonchev–Trinajstić information content (AvgIpc) is 2.73. The van der Waals surface area contributed by atoms with E-state index in [1.54, 1.807) is 37.1 Å². The van der Waals surface area contributed by atoms with Gasteiger partial charge in [-0.1, -0.05) is 32.1 Å². The fourth-order valence-corrected chi connectivity index (χ4v) is 5.30. The second kappa shape index (κ2) is 11.0. The van der Waals surface area contributed by atoms with Gasteiger partial charge in [0.2, 0.25) is 10.0 Å². The van der Waals surface area contributed by atoms with Crippen LogP contribution in [0, 0.1) is 5.92 Å². The third-order valence-electron chi connectivity index (χ3n) is 5.38. The number of rotatable bonds is 7. The van der Waals surface area contributed by atoms with Gasteiger partial charge < -0.3 is 20.1 Å². The minimum absolute atomic E-state index is 0.0658. The molecule has 31 heavy (non-hydrogen) atoms. The largest absolute Gasteiger partial charge is 0.487 e. The minimum atomic E-state index is -3.87. The van der Waals surface area contributed by atoms with Crippen LogP contribution in [0.15, 0.2) is 29.2 Å². The van der Waals surface area contributed by atoms with Crippen molar-refractivity contribution >= 4 is 22.1 Å². The lowest BCUT2D eigenvalue weighted by Gasteiger charge is -2.37. The number of hydrogen-bond acceptors (Lipinski definition) is 5. The first-order valence-corrected chi connectivity index (χ1v) is 12.1. The topological polar surface area (TPSA) is 99.2 Å². The summed E-state index contributed by atoms with van der Waals surface area (Å²) in [6, 6.07) is 4.19. The van der Waals surface area contributed by atoms with Crippen molar-refractivity contribution < 1.29 is 23.1 Å². The third kappa shape index (κ3) is 5.99. The molecule has 0 radical (unpaired) electrons. The van der Waals surface area contributed by atoms with E-state index in [0.29, 0.717) is 13.1 Å². The summed E-state index contributed by atoms with van der Waals surface area (Å²) in [6.45, 7) is 8.21. The van der Waals surface area contributed by atoms with Crippen molar-refractivity contribution in [1.29, 1.82) is 0 Å². The molecule has 0 bridgehead atoms. The molecule has 0 aliphatic carbocycles. The van der Waals surface area contributed by atoms with Crippen LogP contribution >= 0.6 is 0 Å². The molecule has 8 nitrogen and oxygen atoms in total. The van der Waals surface area contributed by atoms with Crippen LogP contribution in [0.2, 0.25) is 0 Å². The predicted octanol–water partition coefficient (Wildman–Crippen LogP) is 2.54. The predicted molar refractivity (Wildman–Crippen MR) is 121 cm³/mol. The molecule has 174 valence electrons. The number of amides is 2. The summed E-state index contributed by atoms with van der Waals surface area (Å²) in [4.78, 5) is 14.0. The molecule has 2 rings (SSSR count). The number of nitrogens with zero attached hydrogens (tertiary/aromatic N) is 2. The van der Waals surface area contributed by atoms with Gasteiger partial charge in [-0.15, -0.1) is 0 Å². The molecule has 0 saturated carbocycles. The summed E-state index contributed by atoms with van der Waals surface area (Å²) >= 11 is 0. The summed E-state index contributed by atoms with van der Waals surface area (Å²) < 4.78 is 34.3. The van der Waals surface area contributed by atoms with E-state index in [9.17, 15) is 18.3 Å². The molecule has 0 aromatic heterocycles. The van der Waals surface area contributed by atoms with Crippen molar-refractivity contribution in [3.05, 3.63) is 29.8 Å². The van der Waals surface area contributed by atoms with Gasteiger partial charge in [0.15, 0.2) is 0 Å². The Bertz CT molecular complexity index is 887. The van der Waals surface area contributed by atoms with Crippen LogP contribution in [0.25, 0.3) is 6.08 Å². The summed E-state index contributed by atoms with van der Waals surface area (Å²) in [5.41, 5.74) is 0.819. The molecule has 1 aliphatic heterocycles. The summed E-state index contributed by atoms with van der Waals surface area (Å²) in [7, 11) is -2.17. The molecule has 0 fully saturated rings. The molecule has 1 aromatic carbocycles. The molecule has 1 heterocycles. The Balaban J connectivity index is 2.47. The Morgan fingerprint density at radius 1 is 1.45 bits per heavy atom. The molecule has 0 unspecified atom stereocenters. The van der Waals surface area contributed by atoms with Gasteiger partial charge in [0.1, 0.15) is 16.7 Å². The molecule has 1 aliphatic rings. The highest BCUT2D eigenvalue weighted by Gasteiger charge is 2.38. The van der Waals surface area contributed by atoms with Crippen LogP contribution in [0.4, 0.5) is 4.79 Å². The summed E-state index contributed by atoms with van der Waals surface area (Å²) in [6.07, 6.45) is 4.14. The highest BCUT2D eigenvalue weighted by molar-refractivity contribution is 7.89. The van der Waals surface area contributed by atoms with E-state index >= 15 is 0 Å². The average molecular weight is 454 g/mol. The molecule has 9 heteroatoms. The van der Waals surface area contributed by atoms with Crippen molar-refractivity contribution in [2.75, 3.05) is 33.3 Å². The maximum absolute atomic E-state index is 13.4. The SMILES string of the molecule is CC=Cc1ccc2c(c1)O[C@H](CN(C)C(=O)NCCC)[C@@H](C)CN([C@H](C)CO)S2(=O)=O. The van der Waals surface area contributed by atoms with Crippen LogP contribution < -0.4 is 10.1 Å². The van der Waals surface area contributed by atoms with Crippen molar-refractivity contribution in [3.63, 3.8) is 0 Å². The Morgan fingerprint density at radius 3 is 2.77 bits per heavy atom. The Morgan fingerprint density at radius 2 is 2.16 bits per heavy atom. The maximum Gasteiger partial charge on any atom is 0.317 e. The summed E-state index contributed by atoms with van der Waals surface area (Å²) in [5.74, 6) is 0.0355. The molecule has 2 amide bonds. The Kier molecular flexibility index (Phi) is 8.90. The van der Waals surface area contributed by atoms with Crippen LogP contribution in [0.3, 0.4) is 0 Å². The Hall–Kier alpha value is -2.10. The number of hydrogen-bond donors (Lipinski definition) is 2. The highest BCUT2D eigenvalue weighted by atomic mass is 32.2. The zero-order chi connectivity index (χ0) is 23.2. The number of sulfonamides is 1. The van der Waals surface area contributed by atoms with Gasteiger partial charge in [-0.25, -0.2) is 13.2 Å². The normalized spacial score (nSPS) is 22.1. The zero-order valence-electron chi connectivity index (χ0n) is 19.0. The van der Waals surface area contributed by atoms with Crippen molar-refractivity contribution in [2.45, 2.75) is 51.2 Å². The monoisotopic (exact) mass is 453 g/mol. The molecule has 0 saturated heterocycles. The second-order valence-corrected chi connectivity index (χ2v) is 9.92. The van der Waals surface area contributed by atoms with Gasteiger partial charge in [0.25, 0.3) is 0 Å². The van der Waals surface area contributed by atoms with E-state index in [2.05, 4.69) is 5.32 Å². The van der Waals surface area contributed by atoms with Gasteiger partial charge in [-0.3, -0.25) is 0 Å². The number of aliphatic hydroxyl groups excluding tert-OH is 1. The molecule has 1 aromatic rings. The maximum atomic E-state index is 13.4. The van der Waals surface area contributed by atoms with Crippen molar-refractivity contribution in [1.82, 2.24) is 14.5 Å². The Labute approximate surface area is 185 Å². The van der Waals surface area contributed by atoms with Gasteiger partial charge in [-0.05, 0) is 38.0 Å². The minimum Gasteiger partial charge on any atom is -0.487 e. The number of aliphatic hydroxyl groups is 1. The number of allylic oxidation sites excluding steroid dienone is 1. The first-order valence-electron chi connectivity index (χ1n) is 10.7. The van der Waals surface area contributed by atoms with Gasteiger partial charge in [0, 0.05) is 32.1 Å². The number of fused-ring (bicyclic) bond motifs is 1. The summed E-state index contributed by atoms with van der Waals surface area (Å²) in [5, 5.41) is 12.5. The number of benzene rings is 1. The molecular formula is C22H35N3O5S. The number of carbonyl (C=O) groups is 1.